The van der Waals surface area contributed by atoms with Crippen molar-refractivity contribution in [3.63, 3.8) is 0 Å². The number of aryl methyl sites for hydroxylation is 2. The molecule has 244 valence electrons. The number of phenolic OH excluding ortho intramolecular Hbond substituents is 1. The molecule has 0 amide bonds. The lowest BCUT2D eigenvalue weighted by Crippen LogP contribution is -2.30. The molecule has 0 bridgehead atoms. The molecule has 7 nitrogen and oxygen atoms in total. The first kappa shape index (κ1) is 34.4. The molecule has 5 rings (SSSR count). The van der Waals surface area contributed by atoms with Gasteiger partial charge in [0.25, 0.3) is 0 Å². The number of ether oxygens (including phenoxy) is 1. The molecule has 0 aromatic heterocycles. The highest BCUT2D eigenvalue weighted by atomic mass is 35.5. The predicted octanol–water partition coefficient (Wildman–Crippen LogP) is 8.35. The van der Waals surface area contributed by atoms with Crippen LogP contribution in [-0.2, 0) is 39.4 Å². The Balaban J connectivity index is 1.40. The van der Waals surface area contributed by atoms with Crippen molar-refractivity contribution in [2.24, 2.45) is 0 Å². The monoisotopic (exact) mass is 713 g/mol. The summed E-state index contributed by atoms with van der Waals surface area (Å²) >= 11 is 12.2. The average Bonchev–Trinajstić information content (AvgIpc) is 3.04. The van der Waals surface area contributed by atoms with Gasteiger partial charge in [0.05, 0.1) is 15.7 Å². The minimum absolute atomic E-state index is 0.0328. The van der Waals surface area contributed by atoms with Gasteiger partial charge in [0.15, 0.2) is 15.6 Å². The maximum Gasteiger partial charge on any atom is 0.247 e. The highest BCUT2D eigenvalue weighted by Gasteiger charge is 2.30. The zero-order chi connectivity index (χ0) is 33.8. The van der Waals surface area contributed by atoms with Crippen LogP contribution in [0.25, 0.3) is 0 Å². The number of phenols is 1. The van der Waals surface area contributed by atoms with Crippen molar-refractivity contribution in [2.75, 3.05) is 5.75 Å². The fraction of sp³-hybridized carbons (Fsp3) is 0.143. The smallest absolute Gasteiger partial charge is 0.247 e. The predicted molar refractivity (Wildman–Crippen MR) is 181 cm³/mol. The van der Waals surface area contributed by atoms with Crippen molar-refractivity contribution in [1.82, 2.24) is 4.31 Å². The van der Waals surface area contributed by atoms with E-state index in [-0.39, 0.29) is 46.0 Å². The Hall–Kier alpha value is -3.93. The summed E-state index contributed by atoms with van der Waals surface area (Å²) in [5, 5.41) is 10.5. The van der Waals surface area contributed by atoms with Crippen LogP contribution in [0.3, 0.4) is 0 Å². The summed E-state index contributed by atoms with van der Waals surface area (Å²) in [6, 6.07) is 28.3. The maximum absolute atomic E-state index is 14.0. The summed E-state index contributed by atoms with van der Waals surface area (Å²) in [4.78, 5) is -0.211. The van der Waals surface area contributed by atoms with Crippen LogP contribution in [0.2, 0.25) is 10.0 Å². The molecule has 1 N–H and O–H groups in total. The summed E-state index contributed by atoms with van der Waals surface area (Å²) in [6.07, 6.45) is 0.219. The van der Waals surface area contributed by atoms with Gasteiger partial charge in [0, 0.05) is 18.1 Å². The van der Waals surface area contributed by atoms with E-state index >= 15 is 0 Å². The van der Waals surface area contributed by atoms with Crippen molar-refractivity contribution in [3.8, 4) is 17.2 Å². The van der Waals surface area contributed by atoms with Crippen LogP contribution < -0.4 is 4.74 Å². The highest BCUT2D eigenvalue weighted by molar-refractivity contribution is 7.91. The molecular weight excluding hydrogens is 684 g/mol. The Morgan fingerprint density at radius 1 is 0.745 bits per heavy atom. The zero-order valence-electron chi connectivity index (χ0n) is 25.1. The Kier molecular flexibility index (Phi) is 10.6. The standard InChI is InChI=1S/C35H30Cl2FNO6S2/c1-24-5-15-32(16-6-24)46(41,42)18-17-25-3-2-4-27(19-25)23-39(47(43,44)34-21-28(36)20-33(37)35(34)40)22-26-7-11-30(12-8-26)45-31-13-9-29(38)10-14-31/h2-16,19-21,40H,17-18,22-23H2,1H3. The largest absolute Gasteiger partial charge is 0.505 e. The summed E-state index contributed by atoms with van der Waals surface area (Å²) in [5.74, 6) is -0.244. The lowest BCUT2D eigenvalue weighted by atomic mass is 10.1. The molecule has 0 radical (unpaired) electrons. The number of sulfone groups is 1. The van der Waals surface area contributed by atoms with Gasteiger partial charge < -0.3 is 9.84 Å². The lowest BCUT2D eigenvalue weighted by Gasteiger charge is -2.24. The van der Waals surface area contributed by atoms with Gasteiger partial charge in [-0.2, -0.15) is 4.31 Å². The van der Waals surface area contributed by atoms with Crippen LogP contribution in [0.15, 0.2) is 119 Å². The molecule has 0 aliphatic heterocycles. The van der Waals surface area contributed by atoms with Crippen molar-refractivity contribution >= 4 is 43.1 Å². The van der Waals surface area contributed by atoms with Crippen LogP contribution in [0.1, 0.15) is 22.3 Å². The molecule has 0 fully saturated rings. The Morgan fingerprint density at radius 2 is 1.34 bits per heavy atom. The second-order valence-electron chi connectivity index (χ2n) is 10.9. The van der Waals surface area contributed by atoms with E-state index in [1.807, 2.05) is 6.92 Å². The van der Waals surface area contributed by atoms with E-state index in [1.165, 1.54) is 34.6 Å². The van der Waals surface area contributed by atoms with Crippen LogP contribution >= 0.6 is 23.2 Å². The second kappa shape index (κ2) is 14.5. The summed E-state index contributed by atoms with van der Waals surface area (Å²) in [6.45, 7) is 1.67. The molecule has 47 heavy (non-hydrogen) atoms. The van der Waals surface area contributed by atoms with E-state index in [0.717, 1.165) is 11.6 Å². The van der Waals surface area contributed by atoms with Crippen LogP contribution in [0, 0.1) is 12.7 Å². The Morgan fingerprint density at radius 3 is 2.00 bits per heavy atom. The summed E-state index contributed by atoms with van der Waals surface area (Å²) in [5.41, 5.74) is 2.88. The molecule has 0 spiro atoms. The van der Waals surface area contributed by atoms with Crippen molar-refractivity contribution in [3.05, 3.63) is 147 Å². The molecule has 0 heterocycles. The maximum atomic E-state index is 14.0. The molecule has 0 saturated carbocycles. The Bertz CT molecular complexity index is 2090. The summed E-state index contributed by atoms with van der Waals surface area (Å²) in [7, 11) is -7.91. The first-order chi connectivity index (χ1) is 22.3. The molecular formula is C35H30Cl2FNO6S2. The third kappa shape index (κ3) is 8.71. The number of nitrogens with zero attached hydrogens (tertiary/aromatic N) is 1. The van der Waals surface area contributed by atoms with E-state index in [1.54, 1.807) is 72.8 Å². The summed E-state index contributed by atoms with van der Waals surface area (Å²) < 4.78 is 74.2. The molecule has 0 saturated heterocycles. The normalized spacial score (nSPS) is 11.9. The molecule has 5 aromatic rings. The number of halogens is 3. The van der Waals surface area contributed by atoms with E-state index < -0.39 is 30.5 Å². The van der Waals surface area contributed by atoms with Gasteiger partial charge >= 0.3 is 0 Å². The average molecular weight is 715 g/mol. The zero-order valence-corrected chi connectivity index (χ0v) is 28.3. The molecule has 0 aliphatic carbocycles. The van der Waals surface area contributed by atoms with Gasteiger partial charge in [0.2, 0.25) is 10.0 Å². The SMILES string of the molecule is Cc1ccc(S(=O)(=O)CCc2cccc(CN(Cc3ccc(Oc4ccc(F)cc4)cc3)S(=O)(=O)c3cc(Cl)cc(Cl)c3O)c2)cc1. The third-order valence-electron chi connectivity index (χ3n) is 7.33. The lowest BCUT2D eigenvalue weighted by molar-refractivity contribution is 0.394. The van der Waals surface area contributed by atoms with Gasteiger partial charge in [-0.1, -0.05) is 77.3 Å². The quantitative estimate of drug-likeness (QED) is 0.140. The molecule has 0 aliphatic rings. The van der Waals surface area contributed by atoms with Gasteiger partial charge in [-0.25, -0.2) is 21.2 Å². The number of hydrogen-bond donors (Lipinski definition) is 1. The number of rotatable bonds is 12. The van der Waals surface area contributed by atoms with Crippen molar-refractivity contribution in [2.45, 2.75) is 36.2 Å². The van der Waals surface area contributed by atoms with Crippen LogP contribution in [0.4, 0.5) is 4.39 Å². The first-order valence-corrected chi connectivity index (χ1v) is 18.2. The van der Waals surface area contributed by atoms with Crippen LogP contribution in [-0.4, -0.2) is 32.0 Å². The Labute approximate surface area is 283 Å². The van der Waals surface area contributed by atoms with Gasteiger partial charge in [0.1, 0.15) is 22.2 Å². The van der Waals surface area contributed by atoms with Gasteiger partial charge in [-0.3, -0.25) is 0 Å². The van der Waals surface area contributed by atoms with Gasteiger partial charge in [-0.05, 0) is 90.7 Å². The molecule has 0 atom stereocenters. The number of hydrogen-bond acceptors (Lipinski definition) is 6. The van der Waals surface area contributed by atoms with E-state index in [2.05, 4.69) is 0 Å². The van der Waals surface area contributed by atoms with Gasteiger partial charge in [-0.15, -0.1) is 0 Å². The van der Waals surface area contributed by atoms with E-state index in [4.69, 9.17) is 27.9 Å². The second-order valence-corrected chi connectivity index (χ2v) is 15.8. The minimum atomic E-state index is -4.37. The molecule has 12 heteroatoms. The highest BCUT2D eigenvalue weighted by Crippen LogP contribution is 2.37. The third-order valence-corrected chi connectivity index (χ3v) is 11.4. The van der Waals surface area contributed by atoms with E-state index in [9.17, 15) is 26.3 Å². The van der Waals surface area contributed by atoms with Crippen molar-refractivity contribution in [1.29, 1.82) is 0 Å². The fourth-order valence-electron chi connectivity index (χ4n) is 4.81. The van der Waals surface area contributed by atoms with E-state index in [0.29, 0.717) is 28.2 Å². The molecule has 5 aromatic carbocycles. The number of sulfonamides is 1. The van der Waals surface area contributed by atoms with Crippen LogP contribution in [0.5, 0.6) is 17.2 Å². The topological polar surface area (TPSA) is 101 Å². The fourth-order valence-corrected chi connectivity index (χ4v) is 8.26. The number of aromatic hydroxyl groups is 1. The van der Waals surface area contributed by atoms with Crippen molar-refractivity contribution < 1.29 is 31.1 Å². The number of benzene rings is 5. The minimum Gasteiger partial charge on any atom is -0.505 e. The molecule has 0 unspecified atom stereocenters. The first-order valence-electron chi connectivity index (χ1n) is 14.4.